The van der Waals surface area contributed by atoms with Gasteiger partial charge < -0.3 is 19.7 Å². The molecule has 0 bridgehead atoms. The van der Waals surface area contributed by atoms with E-state index in [-0.39, 0.29) is 6.04 Å². The van der Waals surface area contributed by atoms with Gasteiger partial charge in [-0.2, -0.15) is 0 Å². The summed E-state index contributed by atoms with van der Waals surface area (Å²) in [4.78, 5) is 11.1. The van der Waals surface area contributed by atoms with Crippen LogP contribution in [0.4, 0.5) is 0 Å². The van der Waals surface area contributed by atoms with Crippen LogP contribution in [-0.4, -0.2) is 75.9 Å². The van der Waals surface area contributed by atoms with Crippen molar-refractivity contribution in [3.05, 3.63) is 52.2 Å². The second-order valence-electron chi connectivity index (χ2n) is 7.38. The molecule has 0 radical (unpaired) electrons. The minimum absolute atomic E-state index is 0.221. The van der Waals surface area contributed by atoms with E-state index in [9.17, 15) is 0 Å². The zero-order valence-corrected chi connectivity index (χ0v) is 19.2. The van der Waals surface area contributed by atoms with Crippen LogP contribution in [0.2, 0.25) is 0 Å². The number of nitrogens with one attached hydrogen (secondary N) is 1. The van der Waals surface area contributed by atoms with Crippen molar-refractivity contribution in [1.29, 1.82) is 0 Å². The fraction of sp³-hybridized carbons (Fsp3) is 0.522. The molecular formula is C23H34N4O2S. The molecule has 1 aliphatic rings. The average Bonchev–Trinajstić information content (AvgIpc) is 3.32. The van der Waals surface area contributed by atoms with Crippen LogP contribution in [0.25, 0.3) is 0 Å². The Morgan fingerprint density at radius 2 is 2.03 bits per heavy atom. The number of nitrogens with zero attached hydrogens (tertiary/aromatic N) is 3. The van der Waals surface area contributed by atoms with Gasteiger partial charge in [0.1, 0.15) is 5.75 Å². The molecule has 0 saturated carbocycles. The maximum Gasteiger partial charge on any atom is 0.193 e. The highest BCUT2D eigenvalue weighted by Crippen LogP contribution is 2.24. The van der Waals surface area contributed by atoms with E-state index in [1.165, 1.54) is 10.4 Å². The first-order chi connectivity index (χ1) is 14.7. The summed E-state index contributed by atoms with van der Waals surface area (Å²) in [6.45, 7) is 8.02. The van der Waals surface area contributed by atoms with Gasteiger partial charge in [-0.05, 0) is 42.5 Å². The summed E-state index contributed by atoms with van der Waals surface area (Å²) in [7, 11) is 3.82. The molecule has 7 heteroatoms. The van der Waals surface area contributed by atoms with E-state index in [0.717, 1.165) is 57.5 Å². The molecule has 0 amide bonds. The highest BCUT2D eigenvalue weighted by Gasteiger charge is 2.23. The van der Waals surface area contributed by atoms with Crippen molar-refractivity contribution in [1.82, 2.24) is 15.1 Å². The molecular weight excluding hydrogens is 396 g/mol. The van der Waals surface area contributed by atoms with Crippen molar-refractivity contribution in [3.8, 4) is 5.75 Å². The van der Waals surface area contributed by atoms with Crippen LogP contribution < -0.4 is 10.1 Å². The minimum Gasteiger partial charge on any atom is -0.497 e. The van der Waals surface area contributed by atoms with Crippen molar-refractivity contribution in [3.63, 3.8) is 0 Å². The molecule has 1 aromatic carbocycles. The van der Waals surface area contributed by atoms with Gasteiger partial charge >= 0.3 is 0 Å². The number of thiophene rings is 1. The van der Waals surface area contributed by atoms with Gasteiger partial charge in [0.2, 0.25) is 0 Å². The summed E-state index contributed by atoms with van der Waals surface area (Å²) >= 11 is 1.81. The van der Waals surface area contributed by atoms with Crippen molar-refractivity contribution in [2.45, 2.75) is 19.4 Å². The molecule has 2 aromatic rings. The molecule has 1 unspecified atom stereocenters. The van der Waals surface area contributed by atoms with Crippen LogP contribution in [0, 0.1) is 0 Å². The first kappa shape index (κ1) is 22.6. The van der Waals surface area contributed by atoms with E-state index in [2.05, 4.69) is 58.7 Å². The van der Waals surface area contributed by atoms with E-state index in [0.29, 0.717) is 6.54 Å². The highest BCUT2D eigenvalue weighted by molar-refractivity contribution is 7.09. The SMILES string of the molecule is CCNC(=NCC(c1ccc(OC)cc1)N1CCOCC1)N(C)CCc1cccs1. The Morgan fingerprint density at radius 1 is 1.27 bits per heavy atom. The largest absolute Gasteiger partial charge is 0.497 e. The van der Waals surface area contributed by atoms with Gasteiger partial charge in [-0.15, -0.1) is 11.3 Å². The lowest BCUT2D eigenvalue weighted by atomic mass is 10.0. The van der Waals surface area contributed by atoms with E-state index in [4.69, 9.17) is 14.5 Å². The Labute approximate surface area is 184 Å². The van der Waals surface area contributed by atoms with Crippen LogP contribution in [0.3, 0.4) is 0 Å². The molecule has 1 fully saturated rings. The Hall–Kier alpha value is -2.09. The standard InChI is InChI=1S/C23H34N4O2S/c1-4-24-23(26(2)12-11-21-6-5-17-30-21)25-18-22(27-13-15-29-16-14-27)19-7-9-20(28-3)10-8-19/h5-10,17,22H,4,11-16,18H2,1-3H3,(H,24,25). The maximum absolute atomic E-state index is 5.57. The molecule has 0 aliphatic carbocycles. The number of hydrogen-bond donors (Lipinski definition) is 1. The van der Waals surface area contributed by atoms with Crippen molar-refractivity contribution in [2.24, 2.45) is 4.99 Å². The number of rotatable bonds is 9. The van der Waals surface area contributed by atoms with Gasteiger partial charge in [0.15, 0.2) is 5.96 Å². The number of guanidine groups is 1. The highest BCUT2D eigenvalue weighted by atomic mass is 32.1. The lowest BCUT2D eigenvalue weighted by molar-refractivity contribution is 0.0179. The summed E-state index contributed by atoms with van der Waals surface area (Å²) < 4.78 is 10.9. The normalized spacial score (nSPS) is 16.3. The summed E-state index contributed by atoms with van der Waals surface area (Å²) in [5.74, 6) is 1.84. The molecule has 1 N–H and O–H groups in total. The van der Waals surface area contributed by atoms with Gasteiger partial charge in [-0.1, -0.05) is 18.2 Å². The van der Waals surface area contributed by atoms with Crippen LogP contribution in [0.5, 0.6) is 5.75 Å². The van der Waals surface area contributed by atoms with Crippen LogP contribution in [0.15, 0.2) is 46.8 Å². The Bertz CT molecular complexity index is 758. The number of likely N-dealkylation sites (N-methyl/N-ethyl adjacent to an activating group) is 1. The molecule has 6 nitrogen and oxygen atoms in total. The van der Waals surface area contributed by atoms with Crippen LogP contribution in [0.1, 0.15) is 23.4 Å². The van der Waals surface area contributed by atoms with Crippen molar-refractivity contribution >= 4 is 17.3 Å². The van der Waals surface area contributed by atoms with E-state index >= 15 is 0 Å². The number of aliphatic imine (C=N–C) groups is 1. The molecule has 1 atom stereocenters. The lowest BCUT2D eigenvalue weighted by Crippen LogP contribution is -2.42. The van der Waals surface area contributed by atoms with E-state index < -0.39 is 0 Å². The topological polar surface area (TPSA) is 49.3 Å². The fourth-order valence-electron chi connectivity index (χ4n) is 3.63. The van der Waals surface area contributed by atoms with Crippen LogP contribution in [-0.2, 0) is 11.2 Å². The predicted octanol–water partition coefficient (Wildman–Crippen LogP) is 3.27. The van der Waals surface area contributed by atoms with Gasteiger partial charge in [-0.25, -0.2) is 0 Å². The summed E-state index contributed by atoms with van der Waals surface area (Å²) in [5, 5.41) is 5.59. The number of ether oxygens (including phenoxy) is 2. The zero-order valence-electron chi connectivity index (χ0n) is 18.3. The smallest absolute Gasteiger partial charge is 0.193 e. The Morgan fingerprint density at radius 3 is 2.67 bits per heavy atom. The molecule has 164 valence electrons. The number of benzene rings is 1. The Kier molecular flexibility index (Phi) is 8.99. The van der Waals surface area contributed by atoms with Gasteiger partial charge in [-0.3, -0.25) is 9.89 Å². The van der Waals surface area contributed by atoms with Crippen molar-refractivity contribution in [2.75, 3.05) is 60.1 Å². The van der Waals surface area contributed by atoms with Crippen molar-refractivity contribution < 1.29 is 9.47 Å². The molecule has 1 aliphatic heterocycles. The summed E-state index contributed by atoms with van der Waals surface area (Å²) in [6, 6.07) is 12.9. The van der Waals surface area contributed by atoms with Gasteiger partial charge in [0.25, 0.3) is 0 Å². The first-order valence-electron chi connectivity index (χ1n) is 10.7. The monoisotopic (exact) mass is 430 g/mol. The zero-order chi connectivity index (χ0) is 21.2. The minimum atomic E-state index is 0.221. The number of methoxy groups -OCH3 is 1. The average molecular weight is 431 g/mol. The maximum atomic E-state index is 5.57. The summed E-state index contributed by atoms with van der Waals surface area (Å²) in [5.41, 5.74) is 1.26. The third kappa shape index (κ3) is 6.45. The predicted molar refractivity (Wildman–Crippen MR) is 125 cm³/mol. The molecule has 3 rings (SSSR count). The number of hydrogen-bond acceptors (Lipinski definition) is 5. The molecule has 30 heavy (non-hydrogen) atoms. The quantitative estimate of drug-likeness (QED) is 0.489. The van der Waals surface area contributed by atoms with E-state index in [1.807, 2.05) is 23.5 Å². The molecule has 2 heterocycles. The Balaban J connectivity index is 1.72. The van der Waals surface area contributed by atoms with Gasteiger partial charge in [0.05, 0.1) is 32.9 Å². The second-order valence-corrected chi connectivity index (χ2v) is 8.42. The third-order valence-corrected chi connectivity index (χ3v) is 6.31. The number of morpholine rings is 1. The van der Waals surface area contributed by atoms with Crippen LogP contribution >= 0.6 is 11.3 Å². The third-order valence-electron chi connectivity index (χ3n) is 5.37. The first-order valence-corrected chi connectivity index (χ1v) is 11.6. The molecule has 1 aromatic heterocycles. The second kappa shape index (κ2) is 11.9. The molecule has 1 saturated heterocycles. The van der Waals surface area contributed by atoms with E-state index in [1.54, 1.807) is 7.11 Å². The van der Waals surface area contributed by atoms with Gasteiger partial charge in [0, 0.05) is 38.1 Å². The molecule has 0 spiro atoms. The lowest BCUT2D eigenvalue weighted by Gasteiger charge is -2.34. The fourth-order valence-corrected chi connectivity index (χ4v) is 4.33. The summed E-state index contributed by atoms with van der Waals surface area (Å²) in [6.07, 6.45) is 1.03.